The fraction of sp³-hybridized carbons (Fsp3) is 0.375. The van der Waals surface area contributed by atoms with Crippen LogP contribution in [0.3, 0.4) is 0 Å². The summed E-state index contributed by atoms with van der Waals surface area (Å²) in [6, 6.07) is 4.36. The zero-order valence-electron chi connectivity index (χ0n) is 13.9. The van der Waals surface area contributed by atoms with Crippen LogP contribution in [-0.2, 0) is 9.57 Å². The molecule has 9 heteroatoms. The van der Waals surface area contributed by atoms with Crippen LogP contribution in [0.25, 0.3) is 0 Å². The van der Waals surface area contributed by atoms with Gasteiger partial charge in [0.05, 0.1) is 38.2 Å². The molecule has 0 bridgehead atoms. The van der Waals surface area contributed by atoms with Crippen LogP contribution in [0.4, 0.5) is 20.6 Å². The van der Waals surface area contributed by atoms with Gasteiger partial charge in [-0.3, -0.25) is 14.7 Å². The van der Waals surface area contributed by atoms with Crippen molar-refractivity contribution in [2.75, 3.05) is 43.6 Å². The molecule has 1 aliphatic heterocycles. The smallest absolute Gasteiger partial charge is 0.414 e. The highest BCUT2D eigenvalue weighted by molar-refractivity contribution is 5.92. The summed E-state index contributed by atoms with van der Waals surface area (Å²) in [7, 11) is 1.45. The monoisotopic (exact) mass is 352 g/mol. The van der Waals surface area contributed by atoms with Crippen LogP contribution in [0.1, 0.15) is 0 Å². The topological polar surface area (TPSA) is 95.4 Å². The van der Waals surface area contributed by atoms with Crippen molar-refractivity contribution in [3.63, 3.8) is 0 Å². The number of cyclic esters (lactones) is 1. The molecule has 0 spiro atoms. The maximum atomic E-state index is 14.1. The molecule has 1 amide bonds. The standard InChI is InChI=1S/C16H21FN4O4/c1-3-15(20-24-2)19-9-12-10-21(16(23)25-12)11-4-5-14(13(17)8-11)18-6-7-22/h3-5,8,12,18,22H,1,6-7,9-10H2,2H3,(H,19,20). The zero-order chi connectivity index (χ0) is 18.2. The third kappa shape index (κ3) is 4.91. The second kappa shape index (κ2) is 9.00. The average molecular weight is 352 g/mol. The number of ether oxygens (including phenoxy) is 1. The number of aliphatic hydroxyl groups excluding tert-OH is 1. The number of hydroxylamine groups is 1. The summed E-state index contributed by atoms with van der Waals surface area (Å²) in [5, 5.41) is 11.5. The highest BCUT2D eigenvalue weighted by atomic mass is 19.1. The number of halogens is 1. The van der Waals surface area contributed by atoms with Crippen LogP contribution in [-0.4, -0.2) is 56.5 Å². The minimum Gasteiger partial charge on any atom is -0.442 e. The Morgan fingerprint density at radius 2 is 2.44 bits per heavy atom. The van der Waals surface area contributed by atoms with E-state index in [-0.39, 0.29) is 31.9 Å². The summed E-state index contributed by atoms with van der Waals surface area (Å²) in [6.45, 7) is 4.19. The molecule has 0 radical (unpaired) electrons. The third-order valence-corrected chi connectivity index (χ3v) is 3.43. The van der Waals surface area contributed by atoms with Gasteiger partial charge in [0.15, 0.2) is 0 Å². The van der Waals surface area contributed by atoms with E-state index in [9.17, 15) is 9.18 Å². The van der Waals surface area contributed by atoms with Crippen LogP contribution in [0.2, 0.25) is 0 Å². The van der Waals surface area contributed by atoms with E-state index in [0.717, 1.165) is 0 Å². The first-order chi connectivity index (χ1) is 12.1. The Balaban J connectivity index is 2.02. The van der Waals surface area contributed by atoms with Crippen molar-refractivity contribution in [3.8, 4) is 0 Å². The SMILES string of the molecule is C=CC(=NCC1CN(c2ccc(NCCO)c(F)c2)C(=O)O1)NOC. The molecule has 1 aromatic rings. The molecular weight excluding hydrogens is 331 g/mol. The number of benzene rings is 1. The van der Waals surface area contributed by atoms with Crippen molar-refractivity contribution in [2.24, 2.45) is 4.99 Å². The maximum Gasteiger partial charge on any atom is 0.414 e. The molecule has 0 aliphatic carbocycles. The van der Waals surface area contributed by atoms with Gasteiger partial charge in [-0.1, -0.05) is 6.58 Å². The first kappa shape index (κ1) is 18.7. The van der Waals surface area contributed by atoms with Crippen LogP contribution in [0.15, 0.2) is 35.8 Å². The normalized spacial score (nSPS) is 17.4. The lowest BCUT2D eigenvalue weighted by molar-refractivity contribution is 0.140. The van der Waals surface area contributed by atoms with Gasteiger partial charge >= 0.3 is 6.09 Å². The first-order valence-corrected chi connectivity index (χ1v) is 7.67. The van der Waals surface area contributed by atoms with Crippen molar-refractivity contribution in [3.05, 3.63) is 36.7 Å². The number of amidine groups is 1. The van der Waals surface area contributed by atoms with Gasteiger partial charge in [0.25, 0.3) is 0 Å². The number of carbonyl (C=O) groups excluding carboxylic acids is 1. The Kier molecular flexibility index (Phi) is 6.72. The summed E-state index contributed by atoms with van der Waals surface area (Å²) >= 11 is 0. The zero-order valence-corrected chi connectivity index (χ0v) is 13.9. The van der Waals surface area contributed by atoms with E-state index in [1.165, 1.54) is 30.2 Å². The molecule has 8 nitrogen and oxygen atoms in total. The highest BCUT2D eigenvalue weighted by Crippen LogP contribution is 2.26. The molecule has 2 rings (SSSR count). The summed E-state index contributed by atoms with van der Waals surface area (Å²) in [5.74, 6) is -0.0965. The lowest BCUT2D eigenvalue weighted by Gasteiger charge is -2.14. The molecule has 0 aromatic heterocycles. The molecule has 1 heterocycles. The van der Waals surface area contributed by atoms with Crippen molar-refractivity contribution >= 4 is 23.3 Å². The quantitative estimate of drug-likeness (QED) is 0.371. The minimum absolute atomic E-state index is 0.105. The number of amides is 1. The molecule has 1 saturated heterocycles. The number of aliphatic imine (C=N–C) groups is 1. The number of aliphatic hydroxyl groups is 1. The van der Waals surface area contributed by atoms with E-state index in [4.69, 9.17) is 14.7 Å². The second-order valence-electron chi connectivity index (χ2n) is 5.17. The Hall–Kier alpha value is -2.65. The Bertz CT molecular complexity index is 653. The molecule has 1 unspecified atom stereocenters. The van der Waals surface area contributed by atoms with Crippen molar-refractivity contribution in [2.45, 2.75) is 6.10 Å². The van der Waals surface area contributed by atoms with Gasteiger partial charge in [0.1, 0.15) is 17.8 Å². The second-order valence-corrected chi connectivity index (χ2v) is 5.17. The Labute approximate surface area is 144 Å². The molecule has 3 N–H and O–H groups in total. The largest absolute Gasteiger partial charge is 0.442 e. The van der Waals surface area contributed by atoms with Crippen LogP contribution in [0, 0.1) is 5.82 Å². The Morgan fingerprint density at radius 3 is 3.08 bits per heavy atom. The molecule has 0 saturated carbocycles. The number of nitrogens with one attached hydrogen (secondary N) is 2. The summed E-state index contributed by atoms with van der Waals surface area (Å²) in [6.07, 6.45) is 0.456. The molecule has 1 aromatic carbocycles. The van der Waals surface area contributed by atoms with Crippen LogP contribution in [0.5, 0.6) is 0 Å². The summed E-state index contributed by atoms with van der Waals surface area (Å²) in [4.78, 5) is 22.3. The maximum absolute atomic E-state index is 14.1. The lowest BCUT2D eigenvalue weighted by atomic mass is 10.2. The van der Waals surface area contributed by atoms with Crippen LogP contribution < -0.4 is 15.7 Å². The third-order valence-electron chi connectivity index (χ3n) is 3.43. The van der Waals surface area contributed by atoms with Crippen molar-refractivity contribution in [1.29, 1.82) is 0 Å². The van der Waals surface area contributed by atoms with Gasteiger partial charge in [-0.05, 0) is 24.3 Å². The van der Waals surface area contributed by atoms with Crippen LogP contribution >= 0.6 is 0 Å². The van der Waals surface area contributed by atoms with Gasteiger partial charge in [-0.2, -0.15) is 0 Å². The molecular formula is C16H21FN4O4. The van der Waals surface area contributed by atoms with E-state index < -0.39 is 18.0 Å². The van der Waals surface area contributed by atoms with Gasteiger partial charge < -0.3 is 15.2 Å². The fourth-order valence-corrected chi connectivity index (χ4v) is 2.28. The van der Waals surface area contributed by atoms with E-state index in [0.29, 0.717) is 11.5 Å². The van der Waals surface area contributed by atoms with E-state index >= 15 is 0 Å². The number of hydrogen-bond acceptors (Lipinski definition) is 6. The summed E-state index contributed by atoms with van der Waals surface area (Å²) < 4.78 is 19.3. The van der Waals surface area contributed by atoms with E-state index in [1.807, 2.05) is 0 Å². The first-order valence-electron chi connectivity index (χ1n) is 7.67. The molecule has 1 aliphatic rings. The van der Waals surface area contributed by atoms with Gasteiger partial charge in [-0.15, -0.1) is 0 Å². The van der Waals surface area contributed by atoms with Gasteiger partial charge in [-0.25, -0.2) is 14.7 Å². The number of hydrogen-bond donors (Lipinski definition) is 3. The van der Waals surface area contributed by atoms with Gasteiger partial charge in [0, 0.05) is 6.54 Å². The molecule has 1 atom stereocenters. The molecule has 136 valence electrons. The summed E-state index contributed by atoms with van der Waals surface area (Å²) in [5.41, 5.74) is 3.19. The number of rotatable bonds is 8. The van der Waals surface area contributed by atoms with Crippen molar-refractivity contribution in [1.82, 2.24) is 5.48 Å². The average Bonchev–Trinajstić information content (AvgIpc) is 2.98. The molecule has 25 heavy (non-hydrogen) atoms. The predicted molar refractivity (Wildman–Crippen MR) is 92.2 cm³/mol. The number of nitrogens with zero attached hydrogens (tertiary/aromatic N) is 2. The lowest BCUT2D eigenvalue weighted by Crippen LogP contribution is -2.26. The predicted octanol–water partition coefficient (Wildman–Crippen LogP) is 1.29. The molecule has 1 fully saturated rings. The van der Waals surface area contributed by atoms with Crippen molar-refractivity contribution < 1.29 is 23.9 Å². The van der Waals surface area contributed by atoms with E-state index in [2.05, 4.69) is 22.4 Å². The number of carbonyl (C=O) groups is 1. The fourth-order valence-electron chi connectivity index (χ4n) is 2.28. The minimum atomic E-state index is -0.560. The Morgan fingerprint density at radius 1 is 1.64 bits per heavy atom. The number of anilines is 2. The van der Waals surface area contributed by atoms with Gasteiger partial charge in [0.2, 0.25) is 0 Å². The highest BCUT2D eigenvalue weighted by Gasteiger charge is 2.32. The van der Waals surface area contributed by atoms with E-state index in [1.54, 1.807) is 6.07 Å².